The van der Waals surface area contributed by atoms with Gasteiger partial charge >= 0.3 is 0 Å². The van der Waals surface area contributed by atoms with Crippen molar-refractivity contribution in [3.05, 3.63) is 42.5 Å². The van der Waals surface area contributed by atoms with E-state index in [1.54, 1.807) is 25.1 Å². The highest BCUT2D eigenvalue weighted by Crippen LogP contribution is 2.32. The Bertz CT molecular complexity index is 993. The van der Waals surface area contributed by atoms with Crippen molar-refractivity contribution in [2.45, 2.75) is 4.90 Å². The van der Waals surface area contributed by atoms with Gasteiger partial charge in [0, 0.05) is 19.8 Å². The van der Waals surface area contributed by atoms with Gasteiger partial charge in [0.1, 0.15) is 10.6 Å². The maximum atomic E-state index is 11.6. The fourth-order valence-corrected chi connectivity index (χ4v) is 3.50. The lowest BCUT2D eigenvalue weighted by molar-refractivity contribution is 0.483. The number of fused-ring (bicyclic) bond motifs is 1. The van der Waals surface area contributed by atoms with Gasteiger partial charge in [-0.05, 0) is 30.3 Å². The van der Waals surface area contributed by atoms with Crippen LogP contribution in [0.5, 0.6) is 0 Å². The first-order valence-electron chi connectivity index (χ1n) is 6.91. The first-order chi connectivity index (χ1) is 11.3. The average Bonchev–Trinajstić information content (AvgIpc) is 2.94. The third-order valence-electron chi connectivity index (χ3n) is 3.26. The number of para-hydroxylation sites is 1. The van der Waals surface area contributed by atoms with Gasteiger partial charge in [0.25, 0.3) is 10.1 Å². The Kier molecular flexibility index (Phi) is 4.31. The fraction of sp³-hybridized carbons (Fsp3) is 0.133. The van der Waals surface area contributed by atoms with Crippen molar-refractivity contribution < 1.29 is 13.0 Å². The van der Waals surface area contributed by atoms with E-state index in [-0.39, 0.29) is 10.6 Å². The molecular formula is C15H14N4O3S2. The molecule has 1 heterocycles. The Morgan fingerprint density at radius 2 is 1.88 bits per heavy atom. The zero-order valence-corrected chi connectivity index (χ0v) is 14.5. The first kappa shape index (κ1) is 16.5. The molecule has 0 atom stereocenters. The van der Waals surface area contributed by atoms with Crippen molar-refractivity contribution >= 4 is 48.2 Å². The highest BCUT2D eigenvalue weighted by Gasteiger charge is 2.17. The van der Waals surface area contributed by atoms with Crippen LogP contribution in [0.25, 0.3) is 10.2 Å². The van der Waals surface area contributed by atoms with Gasteiger partial charge in [-0.15, -0.1) is 10.2 Å². The van der Waals surface area contributed by atoms with E-state index in [1.807, 2.05) is 24.3 Å². The Labute approximate surface area is 143 Å². The normalized spacial score (nSPS) is 12.1. The molecule has 0 fully saturated rings. The van der Waals surface area contributed by atoms with E-state index < -0.39 is 10.1 Å². The van der Waals surface area contributed by atoms with Crippen molar-refractivity contribution in [3.8, 4) is 0 Å². The molecule has 0 spiro atoms. The first-order valence-corrected chi connectivity index (χ1v) is 9.16. The molecule has 0 unspecified atom stereocenters. The minimum absolute atomic E-state index is 0.0577. The lowest BCUT2D eigenvalue weighted by Gasteiger charge is -2.13. The van der Waals surface area contributed by atoms with Gasteiger partial charge in [0.2, 0.25) is 5.13 Å². The van der Waals surface area contributed by atoms with Crippen LogP contribution in [-0.4, -0.2) is 32.0 Å². The molecule has 0 saturated carbocycles. The van der Waals surface area contributed by atoms with E-state index in [9.17, 15) is 13.0 Å². The van der Waals surface area contributed by atoms with Crippen LogP contribution in [-0.2, 0) is 10.1 Å². The molecule has 0 radical (unpaired) electrons. The summed E-state index contributed by atoms with van der Waals surface area (Å²) in [4.78, 5) is 5.74. The van der Waals surface area contributed by atoms with Crippen molar-refractivity contribution in [1.82, 2.24) is 4.98 Å². The van der Waals surface area contributed by atoms with E-state index >= 15 is 0 Å². The monoisotopic (exact) mass is 362 g/mol. The number of hydrogen-bond acceptors (Lipinski definition) is 7. The Morgan fingerprint density at radius 3 is 2.54 bits per heavy atom. The summed E-state index contributed by atoms with van der Waals surface area (Å²) in [5, 5.41) is 8.37. The zero-order chi connectivity index (χ0) is 17.3. The van der Waals surface area contributed by atoms with E-state index in [1.165, 1.54) is 23.5 Å². The number of thiazole rings is 1. The summed E-state index contributed by atoms with van der Waals surface area (Å²) in [7, 11) is -0.877. The summed E-state index contributed by atoms with van der Waals surface area (Å²) in [6, 6.07) is 12.1. The number of azo groups is 1. The third kappa shape index (κ3) is 3.42. The minimum Gasteiger partial charge on any atom is -0.378 e. The van der Waals surface area contributed by atoms with Crippen LogP contribution in [0.1, 0.15) is 0 Å². The number of rotatable bonds is 4. The molecule has 0 bridgehead atoms. The second kappa shape index (κ2) is 6.27. The Balaban J connectivity index is 2.02. The highest BCUT2D eigenvalue weighted by atomic mass is 32.2. The van der Waals surface area contributed by atoms with Crippen molar-refractivity contribution in [2.75, 3.05) is 19.0 Å². The maximum absolute atomic E-state index is 11.6. The quantitative estimate of drug-likeness (QED) is 0.558. The molecule has 3 rings (SSSR count). The molecule has 2 aromatic carbocycles. The summed E-state index contributed by atoms with van der Waals surface area (Å²) in [5.74, 6) is 0. The van der Waals surface area contributed by atoms with Gasteiger partial charge in [-0.3, -0.25) is 4.55 Å². The molecule has 0 aliphatic rings. The Hall–Kier alpha value is -2.36. The summed E-state index contributed by atoms with van der Waals surface area (Å²) < 4.78 is 33.6. The van der Waals surface area contributed by atoms with Gasteiger partial charge < -0.3 is 4.90 Å². The van der Waals surface area contributed by atoms with Gasteiger partial charge in [0.05, 0.1) is 10.2 Å². The molecule has 0 aliphatic heterocycles. The van der Waals surface area contributed by atoms with E-state index in [0.717, 1.165) is 10.2 Å². The van der Waals surface area contributed by atoms with Gasteiger partial charge in [-0.1, -0.05) is 23.5 Å². The second-order valence-electron chi connectivity index (χ2n) is 5.19. The van der Waals surface area contributed by atoms with Gasteiger partial charge in [-0.25, -0.2) is 4.98 Å². The number of nitrogens with zero attached hydrogens (tertiary/aromatic N) is 4. The number of hydrogen-bond donors (Lipinski definition) is 1. The molecule has 1 N–H and O–H groups in total. The Morgan fingerprint density at radius 1 is 1.12 bits per heavy atom. The van der Waals surface area contributed by atoms with E-state index in [4.69, 9.17) is 0 Å². The predicted octanol–water partition coefficient (Wildman–Crippen LogP) is 4.02. The molecule has 0 amide bonds. The van der Waals surface area contributed by atoms with Crippen LogP contribution in [0.3, 0.4) is 0 Å². The van der Waals surface area contributed by atoms with Crippen LogP contribution in [0.15, 0.2) is 57.6 Å². The molecule has 7 nitrogen and oxygen atoms in total. The standard InChI is InChI=1S/C15H14N4O3S2/c1-19(2)10-7-8-12(14(9-10)24(20,21)22)17-18-15-16-11-5-3-4-6-13(11)23-15/h3-9H,1-2H3,(H,20,21,22)/b18-17+. The summed E-state index contributed by atoms with van der Waals surface area (Å²) in [6.07, 6.45) is 0. The smallest absolute Gasteiger partial charge is 0.296 e. The molecule has 24 heavy (non-hydrogen) atoms. The van der Waals surface area contributed by atoms with Gasteiger partial charge in [-0.2, -0.15) is 8.42 Å². The fourth-order valence-electron chi connectivity index (χ4n) is 2.07. The van der Waals surface area contributed by atoms with Gasteiger partial charge in [0.15, 0.2) is 0 Å². The molecule has 1 aromatic heterocycles. The molecule has 9 heteroatoms. The molecular weight excluding hydrogens is 348 g/mol. The summed E-state index contributed by atoms with van der Waals surface area (Å²) >= 11 is 1.35. The van der Waals surface area contributed by atoms with Crippen molar-refractivity contribution in [3.63, 3.8) is 0 Å². The molecule has 3 aromatic rings. The van der Waals surface area contributed by atoms with Crippen molar-refractivity contribution in [1.29, 1.82) is 0 Å². The number of anilines is 1. The lowest BCUT2D eigenvalue weighted by atomic mass is 10.3. The zero-order valence-electron chi connectivity index (χ0n) is 12.9. The lowest BCUT2D eigenvalue weighted by Crippen LogP contribution is -2.09. The van der Waals surface area contributed by atoms with E-state index in [0.29, 0.717) is 10.8 Å². The maximum Gasteiger partial charge on any atom is 0.296 e. The topological polar surface area (TPSA) is 95.2 Å². The number of benzene rings is 2. The largest absolute Gasteiger partial charge is 0.378 e. The predicted molar refractivity (Wildman–Crippen MR) is 94.4 cm³/mol. The minimum atomic E-state index is -4.42. The molecule has 124 valence electrons. The second-order valence-corrected chi connectivity index (χ2v) is 7.58. The van der Waals surface area contributed by atoms with Crippen LogP contribution in [0, 0.1) is 0 Å². The third-order valence-corrected chi connectivity index (χ3v) is 5.07. The summed E-state index contributed by atoms with van der Waals surface area (Å²) in [5.41, 5.74) is 1.48. The van der Waals surface area contributed by atoms with Crippen LogP contribution in [0.2, 0.25) is 0 Å². The molecule has 0 aliphatic carbocycles. The summed E-state index contributed by atoms with van der Waals surface area (Å²) in [6.45, 7) is 0. The van der Waals surface area contributed by atoms with Crippen LogP contribution < -0.4 is 4.90 Å². The molecule has 0 saturated heterocycles. The van der Waals surface area contributed by atoms with Crippen molar-refractivity contribution in [2.24, 2.45) is 10.2 Å². The van der Waals surface area contributed by atoms with Crippen LogP contribution in [0.4, 0.5) is 16.5 Å². The SMILES string of the molecule is CN(C)c1ccc(/N=N/c2nc3ccccc3s2)c(S(=O)(=O)O)c1. The average molecular weight is 362 g/mol. The number of aromatic nitrogens is 1. The van der Waals surface area contributed by atoms with E-state index in [2.05, 4.69) is 15.2 Å². The highest BCUT2D eigenvalue weighted by molar-refractivity contribution is 7.86. The van der Waals surface area contributed by atoms with Crippen LogP contribution >= 0.6 is 11.3 Å².